The van der Waals surface area contributed by atoms with Crippen LogP contribution in [0, 0.1) is 11.3 Å². The van der Waals surface area contributed by atoms with Gasteiger partial charge in [0.25, 0.3) is 0 Å². The fourth-order valence-electron chi connectivity index (χ4n) is 3.42. The van der Waals surface area contributed by atoms with Crippen molar-refractivity contribution >= 4 is 0 Å². The Morgan fingerprint density at radius 2 is 1.53 bits per heavy atom. The molecule has 0 heterocycles. The zero-order valence-corrected chi connectivity index (χ0v) is 9.93. The molecular weight excluding hydrogens is 182 g/mol. The molecule has 0 aromatic heterocycles. The van der Waals surface area contributed by atoms with Gasteiger partial charge in [-0.25, -0.2) is 0 Å². The summed E-state index contributed by atoms with van der Waals surface area (Å²) in [5.74, 6) is 1.08. The van der Waals surface area contributed by atoms with Crippen LogP contribution in [0.1, 0.15) is 64.2 Å². The second kappa shape index (κ2) is 4.08. The Kier molecular flexibility index (Phi) is 2.76. The topological polar surface area (TPSA) is 12.0 Å². The SMILES string of the molecule is C1CCCC(C2(CNC3CC3)CC2)CC1. The molecule has 0 aromatic carbocycles. The van der Waals surface area contributed by atoms with Gasteiger partial charge in [-0.2, -0.15) is 0 Å². The molecule has 0 aromatic rings. The minimum atomic E-state index is 0.771. The Morgan fingerprint density at radius 1 is 0.867 bits per heavy atom. The molecule has 0 atom stereocenters. The summed E-state index contributed by atoms with van der Waals surface area (Å²) in [7, 11) is 0. The quantitative estimate of drug-likeness (QED) is 0.696. The Bertz CT molecular complexity index is 207. The predicted molar refractivity (Wildman–Crippen MR) is 63.9 cm³/mol. The normalized spacial score (nSPS) is 31.2. The van der Waals surface area contributed by atoms with Gasteiger partial charge in [-0.1, -0.05) is 25.7 Å². The van der Waals surface area contributed by atoms with Crippen LogP contribution in [0.25, 0.3) is 0 Å². The molecule has 1 nitrogen and oxygen atoms in total. The lowest BCUT2D eigenvalue weighted by Crippen LogP contribution is -2.31. The van der Waals surface area contributed by atoms with Crippen molar-refractivity contribution in [2.75, 3.05) is 6.54 Å². The molecular formula is C14H25N. The summed E-state index contributed by atoms with van der Waals surface area (Å²) in [6.07, 6.45) is 15.0. The maximum absolute atomic E-state index is 3.78. The monoisotopic (exact) mass is 207 g/mol. The largest absolute Gasteiger partial charge is 0.313 e. The fourth-order valence-corrected chi connectivity index (χ4v) is 3.42. The van der Waals surface area contributed by atoms with Crippen LogP contribution in [0.15, 0.2) is 0 Å². The van der Waals surface area contributed by atoms with Crippen LogP contribution in [0.2, 0.25) is 0 Å². The van der Waals surface area contributed by atoms with Gasteiger partial charge in [-0.15, -0.1) is 0 Å². The van der Waals surface area contributed by atoms with Crippen molar-refractivity contribution in [1.82, 2.24) is 5.32 Å². The van der Waals surface area contributed by atoms with Crippen molar-refractivity contribution in [3.63, 3.8) is 0 Å². The Labute approximate surface area is 94.0 Å². The molecule has 0 saturated heterocycles. The highest BCUT2D eigenvalue weighted by Crippen LogP contribution is 2.55. The van der Waals surface area contributed by atoms with Gasteiger partial charge >= 0.3 is 0 Å². The van der Waals surface area contributed by atoms with Crippen LogP contribution in [-0.2, 0) is 0 Å². The van der Waals surface area contributed by atoms with Crippen molar-refractivity contribution in [2.24, 2.45) is 11.3 Å². The van der Waals surface area contributed by atoms with E-state index in [2.05, 4.69) is 5.32 Å². The van der Waals surface area contributed by atoms with Crippen molar-refractivity contribution in [3.8, 4) is 0 Å². The molecule has 0 radical (unpaired) electrons. The van der Waals surface area contributed by atoms with E-state index in [4.69, 9.17) is 0 Å². The van der Waals surface area contributed by atoms with E-state index >= 15 is 0 Å². The second-order valence-electron chi connectivity index (χ2n) is 6.21. The smallest absolute Gasteiger partial charge is 0.00684 e. The van der Waals surface area contributed by atoms with Crippen LogP contribution in [-0.4, -0.2) is 12.6 Å². The minimum absolute atomic E-state index is 0.771. The van der Waals surface area contributed by atoms with E-state index in [0.717, 1.165) is 17.4 Å². The van der Waals surface area contributed by atoms with Crippen molar-refractivity contribution in [2.45, 2.75) is 70.3 Å². The third-order valence-corrected chi connectivity index (χ3v) is 4.93. The lowest BCUT2D eigenvalue weighted by Gasteiger charge is -2.26. The molecule has 1 N–H and O–H groups in total. The predicted octanol–water partition coefficient (Wildman–Crippen LogP) is 3.49. The highest BCUT2D eigenvalue weighted by atomic mass is 15.0. The molecule has 3 rings (SSSR count). The van der Waals surface area contributed by atoms with E-state index in [1.807, 2.05) is 0 Å². The van der Waals surface area contributed by atoms with Gasteiger partial charge in [0.05, 0.1) is 0 Å². The molecule has 3 aliphatic rings. The average Bonchev–Trinajstić information content (AvgIpc) is 3.12. The van der Waals surface area contributed by atoms with E-state index in [9.17, 15) is 0 Å². The summed E-state index contributed by atoms with van der Waals surface area (Å²) in [6, 6.07) is 0.910. The number of hydrogen-bond donors (Lipinski definition) is 1. The zero-order chi connectivity index (χ0) is 10.1. The molecule has 3 fully saturated rings. The lowest BCUT2D eigenvalue weighted by molar-refractivity contribution is 0.262. The summed E-state index contributed by atoms with van der Waals surface area (Å²) in [4.78, 5) is 0. The molecule has 1 heteroatoms. The molecule has 0 amide bonds. The van der Waals surface area contributed by atoms with E-state index in [1.54, 1.807) is 0 Å². The fraction of sp³-hybridized carbons (Fsp3) is 1.00. The zero-order valence-electron chi connectivity index (χ0n) is 9.93. The summed E-state index contributed by atoms with van der Waals surface area (Å²) >= 11 is 0. The number of hydrogen-bond acceptors (Lipinski definition) is 1. The first-order valence-corrected chi connectivity index (χ1v) is 7.12. The van der Waals surface area contributed by atoms with Crippen LogP contribution in [0.5, 0.6) is 0 Å². The molecule has 0 bridgehead atoms. The molecule has 3 aliphatic carbocycles. The molecule has 3 saturated carbocycles. The van der Waals surface area contributed by atoms with Gasteiger partial charge < -0.3 is 5.32 Å². The molecule has 0 unspecified atom stereocenters. The summed E-state index contributed by atoms with van der Waals surface area (Å²) in [6.45, 7) is 1.35. The average molecular weight is 207 g/mol. The third-order valence-electron chi connectivity index (χ3n) is 4.93. The van der Waals surface area contributed by atoms with Crippen LogP contribution >= 0.6 is 0 Å². The van der Waals surface area contributed by atoms with Gasteiger partial charge in [-0.05, 0) is 49.9 Å². The number of nitrogens with one attached hydrogen (secondary N) is 1. The Balaban J connectivity index is 1.53. The van der Waals surface area contributed by atoms with Gasteiger partial charge in [0.1, 0.15) is 0 Å². The minimum Gasteiger partial charge on any atom is -0.313 e. The summed E-state index contributed by atoms with van der Waals surface area (Å²) in [5, 5.41) is 3.78. The summed E-state index contributed by atoms with van der Waals surface area (Å²) < 4.78 is 0. The number of rotatable bonds is 4. The first-order valence-electron chi connectivity index (χ1n) is 7.12. The van der Waals surface area contributed by atoms with Gasteiger partial charge in [0.15, 0.2) is 0 Å². The van der Waals surface area contributed by atoms with E-state index < -0.39 is 0 Å². The maximum Gasteiger partial charge on any atom is 0.00684 e. The molecule has 15 heavy (non-hydrogen) atoms. The second-order valence-corrected chi connectivity index (χ2v) is 6.21. The van der Waals surface area contributed by atoms with E-state index in [0.29, 0.717) is 0 Å². The van der Waals surface area contributed by atoms with Crippen LogP contribution in [0.3, 0.4) is 0 Å². The van der Waals surface area contributed by atoms with Gasteiger partial charge in [0, 0.05) is 12.6 Å². The van der Waals surface area contributed by atoms with E-state index in [1.165, 1.54) is 70.8 Å². The lowest BCUT2D eigenvalue weighted by atomic mass is 9.83. The van der Waals surface area contributed by atoms with E-state index in [-0.39, 0.29) is 0 Å². The van der Waals surface area contributed by atoms with Crippen molar-refractivity contribution in [1.29, 1.82) is 0 Å². The highest BCUT2D eigenvalue weighted by Gasteiger charge is 2.48. The summed E-state index contributed by atoms with van der Waals surface area (Å²) in [5.41, 5.74) is 0.771. The Morgan fingerprint density at radius 3 is 2.07 bits per heavy atom. The molecule has 86 valence electrons. The van der Waals surface area contributed by atoms with Crippen molar-refractivity contribution < 1.29 is 0 Å². The highest BCUT2D eigenvalue weighted by molar-refractivity contribution is 5.01. The molecule has 0 aliphatic heterocycles. The van der Waals surface area contributed by atoms with Gasteiger partial charge in [0.2, 0.25) is 0 Å². The molecule has 0 spiro atoms. The van der Waals surface area contributed by atoms with Crippen LogP contribution in [0.4, 0.5) is 0 Å². The Hall–Kier alpha value is -0.0400. The van der Waals surface area contributed by atoms with Gasteiger partial charge in [-0.3, -0.25) is 0 Å². The van der Waals surface area contributed by atoms with Crippen molar-refractivity contribution in [3.05, 3.63) is 0 Å². The van der Waals surface area contributed by atoms with Crippen LogP contribution < -0.4 is 5.32 Å². The third kappa shape index (κ3) is 2.38. The standard InChI is InChI=1S/C14H25N/c1-2-4-6-12(5-3-1)14(9-10-14)11-15-13-7-8-13/h12-13,15H,1-11H2. The first-order chi connectivity index (χ1) is 7.39. The first kappa shape index (κ1) is 10.1. The maximum atomic E-state index is 3.78.